The smallest absolute Gasteiger partial charge is 0.179 e. The topological polar surface area (TPSA) is 56.4 Å². The van der Waals surface area contributed by atoms with E-state index in [-0.39, 0.29) is 0 Å². The molecule has 0 unspecified atom stereocenters. The van der Waals surface area contributed by atoms with E-state index < -0.39 is 0 Å². The van der Waals surface area contributed by atoms with Crippen LogP contribution in [0.1, 0.15) is 18.3 Å². The number of aromatic amines is 1. The number of nitrogens with one attached hydrogen (secondary N) is 1. The highest BCUT2D eigenvalue weighted by Crippen LogP contribution is 2.18. The molecule has 0 saturated heterocycles. The molecule has 6 nitrogen and oxygen atoms in total. The van der Waals surface area contributed by atoms with E-state index in [0.717, 1.165) is 46.8 Å². The number of H-pyrrole nitrogens is 1. The van der Waals surface area contributed by atoms with Gasteiger partial charge in [-0.1, -0.05) is 0 Å². The first-order valence-electron chi connectivity index (χ1n) is 6.74. The number of fused-ring (bicyclic) bond motifs is 1. The number of hydrogen-bond donors (Lipinski definition) is 1. The van der Waals surface area contributed by atoms with Gasteiger partial charge in [-0.2, -0.15) is 10.2 Å². The Morgan fingerprint density at radius 3 is 2.80 bits per heavy atom. The van der Waals surface area contributed by atoms with Crippen LogP contribution in [0.15, 0.2) is 12.3 Å². The molecule has 0 fully saturated rings. The van der Waals surface area contributed by atoms with Crippen LogP contribution in [0.25, 0.3) is 11.2 Å². The van der Waals surface area contributed by atoms with Crippen LogP contribution < -0.4 is 0 Å². The molecular weight excluding hydrogens is 272 g/mol. The zero-order chi connectivity index (χ0) is 14.3. The van der Waals surface area contributed by atoms with E-state index in [2.05, 4.69) is 26.7 Å². The van der Waals surface area contributed by atoms with Gasteiger partial charge < -0.3 is 9.55 Å². The molecule has 0 saturated carbocycles. The third kappa shape index (κ3) is 2.07. The van der Waals surface area contributed by atoms with Crippen molar-refractivity contribution in [3.63, 3.8) is 0 Å². The normalized spacial score (nSPS) is 11.6. The number of imidazole rings is 1. The summed E-state index contributed by atoms with van der Waals surface area (Å²) in [5, 5.41) is 8.93. The predicted molar refractivity (Wildman–Crippen MR) is 80.2 cm³/mol. The Morgan fingerprint density at radius 2 is 2.15 bits per heavy atom. The second-order valence-corrected chi connectivity index (χ2v) is 5.30. The number of hydrogen-bond acceptors (Lipinski definition) is 3. The van der Waals surface area contributed by atoms with Crippen LogP contribution in [0, 0.1) is 11.7 Å². The number of nitrogens with zero attached hydrogens (tertiary/aromatic N) is 5. The predicted octanol–water partition coefficient (Wildman–Crippen LogP) is 2.20. The van der Waals surface area contributed by atoms with E-state index in [4.69, 9.17) is 12.2 Å². The van der Waals surface area contributed by atoms with Crippen LogP contribution in [0.5, 0.6) is 0 Å². The first-order chi connectivity index (χ1) is 9.60. The van der Waals surface area contributed by atoms with E-state index in [1.807, 2.05) is 35.6 Å². The molecule has 0 bridgehead atoms. The first-order valence-corrected chi connectivity index (χ1v) is 7.15. The maximum absolute atomic E-state index is 5.44. The molecule has 1 N–H and O–H groups in total. The Morgan fingerprint density at radius 1 is 1.35 bits per heavy atom. The van der Waals surface area contributed by atoms with E-state index in [1.165, 1.54) is 0 Å². The number of aromatic nitrogens is 6. The molecule has 0 aromatic carbocycles. The molecule has 3 aromatic rings. The van der Waals surface area contributed by atoms with Gasteiger partial charge in [-0.3, -0.25) is 4.68 Å². The summed E-state index contributed by atoms with van der Waals surface area (Å²) < 4.78 is 6.68. The molecule has 0 atom stereocenters. The minimum Gasteiger partial charge on any atom is -0.328 e. The standard InChI is InChI=1S/C13H18N6S/c1-4-19-12-11(9(2)15-19)14-13(20)18(12)8-6-10-5-7-17(3)16-10/h5,7H,4,6,8H2,1-3H3,(H,14,20). The van der Waals surface area contributed by atoms with Gasteiger partial charge in [0.05, 0.1) is 11.4 Å². The molecule has 0 aliphatic carbocycles. The van der Waals surface area contributed by atoms with E-state index in [1.54, 1.807) is 0 Å². The molecule has 3 aromatic heterocycles. The zero-order valence-corrected chi connectivity index (χ0v) is 12.7. The van der Waals surface area contributed by atoms with Crippen molar-refractivity contribution in [1.29, 1.82) is 0 Å². The third-order valence-corrected chi connectivity index (χ3v) is 3.82. The summed E-state index contributed by atoms with van der Waals surface area (Å²) in [6.45, 7) is 5.73. The van der Waals surface area contributed by atoms with Gasteiger partial charge in [0.1, 0.15) is 5.52 Å². The lowest BCUT2D eigenvalue weighted by atomic mass is 10.3. The second-order valence-electron chi connectivity index (χ2n) is 4.91. The SMILES string of the molecule is CCn1nc(C)c2[nH]c(=S)n(CCc3ccn(C)n3)c21. The zero-order valence-electron chi connectivity index (χ0n) is 11.9. The molecular formula is C13H18N6S. The summed E-state index contributed by atoms with van der Waals surface area (Å²) in [6.07, 6.45) is 2.82. The van der Waals surface area contributed by atoms with Crippen molar-refractivity contribution in [2.24, 2.45) is 7.05 Å². The molecule has 106 valence electrons. The van der Waals surface area contributed by atoms with Crippen LogP contribution >= 0.6 is 12.2 Å². The number of aryl methyl sites for hydroxylation is 5. The van der Waals surface area contributed by atoms with Crippen LogP contribution in [0.2, 0.25) is 0 Å². The Labute approximate surface area is 122 Å². The fourth-order valence-electron chi connectivity index (χ4n) is 2.51. The van der Waals surface area contributed by atoms with Crippen molar-refractivity contribution in [2.45, 2.75) is 33.4 Å². The quantitative estimate of drug-likeness (QED) is 0.749. The van der Waals surface area contributed by atoms with Crippen molar-refractivity contribution in [1.82, 2.24) is 29.1 Å². The maximum atomic E-state index is 5.44. The van der Waals surface area contributed by atoms with Crippen LogP contribution in [0.4, 0.5) is 0 Å². The molecule has 0 spiro atoms. The Kier molecular flexibility index (Phi) is 3.21. The summed E-state index contributed by atoms with van der Waals surface area (Å²) >= 11 is 5.44. The molecule has 3 heterocycles. The van der Waals surface area contributed by atoms with Gasteiger partial charge in [-0.25, -0.2) is 4.68 Å². The second kappa shape index (κ2) is 4.90. The third-order valence-electron chi connectivity index (χ3n) is 3.49. The molecule has 7 heteroatoms. The maximum Gasteiger partial charge on any atom is 0.179 e. The average molecular weight is 290 g/mol. The highest BCUT2D eigenvalue weighted by atomic mass is 32.1. The minimum absolute atomic E-state index is 0.749. The Bertz CT molecular complexity index is 803. The van der Waals surface area contributed by atoms with E-state index >= 15 is 0 Å². The largest absolute Gasteiger partial charge is 0.328 e. The van der Waals surface area contributed by atoms with Crippen LogP contribution in [-0.2, 0) is 26.6 Å². The van der Waals surface area contributed by atoms with Crippen molar-refractivity contribution in [3.05, 3.63) is 28.4 Å². The van der Waals surface area contributed by atoms with Gasteiger partial charge in [0, 0.05) is 32.8 Å². The summed E-state index contributed by atoms with van der Waals surface area (Å²) in [5.41, 5.74) is 4.18. The fraction of sp³-hybridized carbons (Fsp3) is 0.462. The van der Waals surface area contributed by atoms with Crippen molar-refractivity contribution in [2.75, 3.05) is 0 Å². The lowest BCUT2D eigenvalue weighted by Gasteiger charge is -2.05. The van der Waals surface area contributed by atoms with Crippen molar-refractivity contribution >= 4 is 23.4 Å². The molecule has 3 rings (SSSR count). The van der Waals surface area contributed by atoms with Gasteiger partial charge in [-0.15, -0.1) is 0 Å². The molecule has 0 aliphatic rings. The van der Waals surface area contributed by atoms with Gasteiger partial charge in [-0.05, 0) is 32.1 Å². The molecule has 0 aliphatic heterocycles. The van der Waals surface area contributed by atoms with Crippen molar-refractivity contribution in [3.8, 4) is 0 Å². The van der Waals surface area contributed by atoms with Gasteiger partial charge in [0.25, 0.3) is 0 Å². The Hall–Kier alpha value is -1.89. The highest BCUT2D eigenvalue weighted by molar-refractivity contribution is 7.71. The Balaban J connectivity index is 1.98. The fourth-order valence-corrected chi connectivity index (χ4v) is 2.79. The summed E-state index contributed by atoms with van der Waals surface area (Å²) in [6, 6.07) is 2.04. The van der Waals surface area contributed by atoms with Crippen molar-refractivity contribution < 1.29 is 0 Å². The van der Waals surface area contributed by atoms with Gasteiger partial charge >= 0.3 is 0 Å². The van der Waals surface area contributed by atoms with Gasteiger partial charge in [0.15, 0.2) is 10.4 Å². The molecule has 0 radical (unpaired) electrons. The monoisotopic (exact) mass is 290 g/mol. The first kappa shape index (κ1) is 13.1. The van der Waals surface area contributed by atoms with Gasteiger partial charge in [0.2, 0.25) is 0 Å². The molecule has 0 amide bonds. The average Bonchev–Trinajstić information content (AvgIpc) is 3.05. The lowest BCUT2D eigenvalue weighted by molar-refractivity contribution is 0.616. The van der Waals surface area contributed by atoms with Crippen LogP contribution in [0.3, 0.4) is 0 Å². The van der Waals surface area contributed by atoms with E-state index in [9.17, 15) is 0 Å². The summed E-state index contributed by atoms with van der Waals surface area (Å²) in [4.78, 5) is 3.26. The molecule has 20 heavy (non-hydrogen) atoms. The highest BCUT2D eigenvalue weighted by Gasteiger charge is 2.13. The minimum atomic E-state index is 0.749. The lowest BCUT2D eigenvalue weighted by Crippen LogP contribution is -2.07. The summed E-state index contributed by atoms with van der Waals surface area (Å²) in [7, 11) is 1.93. The van der Waals surface area contributed by atoms with Crippen LogP contribution in [-0.4, -0.2) is 29.1 Å². The van der Waals surface area contributed by atoms with E-state index in [0.29, 0.717) is 0 Å². The summed E-state index contributed by atoms with van der Waals surface area (Å²) in [5.74, 6) is 0. The number of rotatable bonds is 4.